The average molecular weight is 271 g/mol. The highest BCUT2D eigenvalue weighted by Gasteiger charge is 1.98. The van der Waals surface area contributed by atoms with Crippen LogP contribution in [0.2, 0.25) is 0 Å². The summed E-state index contributed by atoms with van der Waals surface area (Å²) in [5.41, 5.74) is 1.00. The van der Waals surface area contributed by atoms with E-state index >= 15 is 0 Å². The number of benzene rings is 1. The van der Waals surface area contributed by atoms with Gasteiger partial charge < -0.3 is 4.74 Å². The lowest BCUT2D eigenvalue weighted by Gasteiger charge is -2.05. The van der Waals surface area contributed by atoms with Crippen LogP contribution in [0.4, 0.5) is 0 Å². The van der Waals surface area contributed by atoms with Gasteiger partial charge in [-0.1, -0.05) is 23.9 Å². The fourth-order valence-corrected chi connectivity index (χ4v) is 2.07. The molecule has 0 aliphatic carbocycles. The molecule has 0 aliphatic heterocycles. The molecule has 0 unspecified atom stereocenters. The number of rotatable bonds is 6. The molecule has 2 aromatic rings. The zero-order valence-corrected chi connectivity index (χ0v) is 11.1. The molecule has 0 atom stereocenters. The Hall–Kier alpha value is -2.06. The minimum Gasteiger partial charge on any atom is -0.493 e. The molecule has 0 N–H and O–H groups in total. The van der Waals surface area contributed by atoms with Crippen molar-refractivity contribution >= 4 is 11.8 Å². The molecule has 1 heterocycles. The van der Waals surface area contributed by atoms with E-state index in [1.807, 2.05) is 24.3 Å². The van der Waals surface area contributed by atoms with E-state index in [4.69, 9.17) is 10.00 Å². The predicted octanol–water partition coefficient (Wildman–Crippen LogP) is 2.71. The monoisotopic (exact) mass is 271 g/mol. The third-order valence-electron chi connectivity index (χ3n) is 2.33. The number of hydrogen-bond acceptors (Lipinski definition) is 5. The number of nitriles is 1. The van der Waals surface area contributed by atoms with Crippen LogP contribution in [-0.2, 0) is 6.42 Å². The summed E-state index contributed by atoms with van der Waals surface area (Å²) >= 11 is 1.56. The maximum absolute atomic E-state index is 8.57. The Kier molecular flexibility index (Phi) is 5.20. The molecule has 5 heteroatoms. The Morgan fingerprint density at radius 2 is 1.89 bits per heavy atom. The molecule has 2 rings (SSSR count). The van der Waals surface area contributed by atoms with Gasteiger partial charge in [-0.05, 0) is 23.8 Å². The highest BCUT2D eigenvalue weighted by Crippen LogP contribution is 2.14. The first-order valence-electron chi connectivity index (χ1n) is 5.87. The van der Waals surface area contributed by atoms with E-state index in [0.717, 1.165) is 22.2 Å². The van der Waals surface area contributed by atoms with Gasteiger partial charge in [0.2, 0.25) is 0 Å². The molecular weight excluding hydrogens is 258 g/mol. The summed E-state index contributed by atoms with van der Waals surface area (Å²) in [6.07, 6.45) is 3.88. The molecule has 0 bridgehead atoms. The normalized spacial score (nSPS) is 9.84. The van der Waals surface area contributed by atoms with E-state index in [9.17, 15) is 0 Å². The molecule has 0 saturated heterocycles. The lowest BCUT2D eigenvalue weighted by molar-refractivity contribution is 0.344. The summed E-state index contributed by atoms with van der Waals surface area (Å²) in [4.78, 5) is 8.24. The molecule has 4 nitrogen and oxygen atoms in total. The van der Waals surface area contributed by atoms with Crippen LogP contribution in [0.15, 0.2) is 47.9 Å². The summed E-state index contributed by atoms with van der Waals surface area (Å²) in [5, 5.41) is 9.33. The summed E-state index contributed by atoms with van der Waals surface area (Å²) in [7, 11) is 0. The van der Waals surface area contributed by atoms with Crippen LogP contribution in [-0.4, -0.2) is 22.3 Å². The Bertz CT molecular complexity index is 537. The summed E-state index contributed by atoms with van der Waals surface area (Å²) in [5.74, 6) is 1.61. The number of aromatic nitrogens is 2. The number of thioether (sulfide) groups is 1. The molecule has 0 saturated carbocycles. The van der Waals surface area contributed by atoms with Crippen LogP contribution >= 0.6 is 11.8 Å². The molecule has 0 radical (unpaired) electrons. The van der Waals surface area contributed by atoms with Crippen LogP contribution in [0.3, 0.4) is 0 Å². The van der Waals surface area contributed by atoms with Crippen molar-refractivity contribution in [3.8, 4) is 11.8 Å². The maximum atomic E-state index is 8.57. The van der Waals surface area contributed by atoms with Gasteiger partial charge in [-0.15, -0.1) is 0 Å². The van der Waals surface area contributed by atoms with Crippen molar-refractivity contribution in [1.82, 2.24) is 9.97 Å². The third-order valence-corrected chi connectivity index (χ3v) is 3.17. The fraction of sp³-hybridized carbons (Fsp3) is 0.214. The van der Waals surface area contributed by atoms with Gasteiger partial charge in [0.05, 0.1) is 19.1 Å². The average Bonchev–Trinajstić information content (AvgIpc) is 2.47. The molecular formula is C14H13N3OS. The first-order chi connectivity index (χ1) is 9.38. The lowest BCUT2D eigenvalue weighted by Crippen LogP contribution is -2.00. The van der Waals surface area contributed by atoms with Gasteiger partial charge in [0.25, 0.3) is 0 Å². The second kappa shape index (κ2) is 7.39. The van der Waals surface area contributed by atoms with Crippen molar-refractivity contribution in [2.24, 2.45) is 0 Å². The molecule has 96 valence electrons. The Balaban J connectivity index is 1.72. The van der Waals surface area contributed by atoms with Gasteiger partial charge >= 0.3 is 0 Å². The third kappa shape index (κ3) is 4.60. The molecule has 1 aromatic heterocycles. The van der Waals surface area contributed by atoms with E-state index < -0.39 is 0 Å². The molecule has 0 spiro atoms. The van der Waals surface area contributed by atoms with Crippen LogP contribution in [0.25, 0.3) is 0 Å². The van der Waals surface area contributed by atoms with Gasteiger partial charge in [-0.2, -0.15) is 5.26 Å². The van der Waals surface area contributed by atoms with Crippen molar-refractivity contribution in [3.63, 3.8) is 0 Å². The van der Waals surface area contributed by atoms with Gasteiger partial charge in [0.1, 0.15) is 5.75 Å². The van der Waals surface area contributed by atoms with Crippen LogP contribution in [0, 0.1) is 11.3 Å². The lowest BCUT2D eigenvalue weighted by atomic mass is 10.2. The second-order valence-corrected chi connectivity index (χ2v) is 4.77. The first-order valence-corrected chi connectivity index (χ1v) is 6.85. The van der Waals surface area contributed by atoms with Crippen LogP contribution in [0.5, 0.6) is 5.75 Å². The van der Waals surface area contributed by atoms with Gasteiger partial charge in [-0.3, -0.25) is 0 Å². The van der Waals surface area contributed by atoms with Gasteiger partial charge in [-0.25, -0.2) is 9.97 Å². The molecule has 0 fully saturated rings. The van der Waals surface area contributed by atoms with Crippen LogP contribution in [0.1, 0.15) is 5.56 Å². The standard InChI is InChI=1S/C14H13N3OS/c15-7-6-12-2-4-13(5-3-12)18-10-11-19-14-16-8-1-9-17-14/h1-5,8-9H,6,10-11H2. The highest BCUT2D eigenvalue weighted by atomic mass is 32.2. The smallest absolute Gasteiger partial charge is 0.187 e. The van der Waals surface area contributed by atoms with E-state index in [2.05, 4.69) is 16.0 Å². The minimum absolute atomic E-state index is 0.432. The second-order valence-electron chi connectivity index (χ2n) is 3.71. The van der Waals surface area contributed by atoms with Gasteiger partial charge in [0.15, 0.2) is 5.16 Å². The van der Waals surface area contributed by atoms with E-state index in [0.29, 0.717) is 13.0 Å². The SMILES string of the molecule is N#CCc1ccc(OCCSc2ncccn2)cc1. The minimum atomic E-state index is 0.432. The van der Waals surface area contributed by atoms with Crippen LogP contribution < -0.4 is 4.74 Å². The zero-order valence-electron chi connectivity index (χ0n) is 10.3. The van der Waals surface area contributed by atoms with E-state index in [1.54, 1.807) is 30.2 Å². The van der Waals surface area contributed by atoms with E-state index in [-0.39, 0.29) is 0 Å². The van der Waals surface area contributed by atoms with Crippen molar-refractivity contribution < 1.29 is 4.74 Å². The largest absolute Gasteiger partial charge is 0.493 e. The topological polar surface area (TPSA) is 58.8 Å². The van der Waals surface area contributed by atoms with Crippen molar-refractivity contribution in [2.75, 3.05) is 12.4 Å². The summed E-state index contributed by atoms with van der Waals surface area (Å²) in [6, 6.07) is 11.5. The zero-order chi connectivity index (χ0) is 13.3. The fourth-order valence-electron chi connectivity index (χ4n) is 1.45. The van der Waals surface area contributed by atoms with E-state index in [1.165, 1.54) is 0 Å². The maximum Gasteiger partial charge on any atom is 0.187 e. The predicted molar refractivity (Wildman–Crippen MR) is 74.0 cm³/mol. The summed E-state index contributed by atoms with van der Waals surface area (Å²) < 4.78 is 5.60. The molecule has 19 heavy (non-hydrogen) atoms. The number of ether oxygens (including phenoxy) is 1. The van der Waals surface area contributed by atoms with Crippen molar-refractivity contribution in [3.05, 3.63) is 48.3 Å². The first kappa shape index (κ1) is 13.4. The number of hydrogen-bond donors (Lipinski definition) is 0. The Morgan fingerprint density at radius 1 is 1.16 bits per heavy atom. The summed E-state index contributed by atoms with van der Waals surface area (Å²) in [6.45, 7) is 0.598. The quantitative estimate of drug-likeness (QED) is 0.459. The Morgan fingerprint density at radius 3 is 2.58 bits per heavy atom. The van der Waals surface area contributed by atoms with Crippen molar-refractivity contribution in [1.29, 1.82) is 5.26 Å². The molecule has 1 aromatic carbocycles. The Labute approximate surface area is 116 Å². The van der Waals surface area contributed by atoms with Crippen molar-refractivity contribution in [2.45, 2.75) is 11.6 Å². The van der Waals surface area contributed by atoms with Gasteiger partial charge in [0, 0.05) is 18.1 Å². The molecule has 0 aliphatic rings. The molecule has 0 amide bonds. The highest BCUT2D eigenvalue weighted by molar-refractivity contribution is 7.99. The number of nitrogens with zero attached hydrogens (tertiary/aromatic N) is 3.